The minimum Gasteiger partial charge on any atom is -0.463 e. The van der Waals surface area contributed by atoms with E-state index < -0.39 is 12.0 Å². The second-order valence-electron chi connectivity index (χ2n) is 5.54. The van der Waals surface area contributed by atoms with Gasteiger partial charge in [0.2, 0.25) is 5.91 Å². The number of fused-ring (bicyclic) bond motifs is 2. The van der Waals surface area contributed by atoms with Crippen molar-refractivity contribution < 1.29 is 14.7 Å². The van der Waals surface area contributed by atoms with Crippen molar-refractivity contribution in [2.24, 2.45) is 5.73 Å². The smallest absolute Gasteiger partial charge is 0.432 e. The number of benzene rings is 2. The molecule has 122 valence electrons. The molecule has 1 amide bonds. The zero-order chi connectivity index (χ0) is 17.6. The zero-order valence-electron chi connectivity index (χ0n) is 12.9. The summed E-state index contributed by atoms with van der Waals surface area (Å²) in [4.78, 5) is 27.4. The molecule has 4 rings (SSSR count). The number of carbonyl (C=O) groups excluding carboxylic acids is 1. The van der Waals surface area contributed by atoms with Crippen LogP contribution in [0.2, 0.25) is 0 Å². The van der Waals surface area contributed by atoms with Crippen LogP contribution in [0.3, 0.4) is 0 Å². The summed E-state index contributed by atoms with van der Waals surface area (Å²) in [6.07, 6.45) is 2.17. The first-order valence-corrected chi connectivity index (χ1v) is 7.45. The van der Waals surface area contributed by atoms with Crippen molar-refractivity contribution in [1.82, 2.24) is 14.8 Å². The van der Waals surface area contributed by atoms with Gasteiger partial charge < -0.3 is 10.8 Å². The molecule has 2 aromatic heterocycles. The molecule has 0 saturated heterocycles. The third kappa shape index (κ3) is 2.29. The minimum atomic E-state index is -1.24. The Morgan fingerprint density at radius 2 is 1.92 bits per heavy atom. The monoisotopic (exact) mass is 332 g/mol. The van der Waals surface area contributed by atoms with Crippen LogP contribution in [0.5, 0.6) is 0 Å². The van der Waals surface area contributed by atoms with Gasteiger partial charge in [0.1, 0.15) is 5.69 Å². The van der Waals surface area contributed by atoms with Crippen molar-refractivity contribution in [2.75, 3.05) is 0 Å². The van der Waals surface area contributed by atoms with Gasteiger partial charge in [-0.05, 0) is 29.7 Å². The third-order valence-electron chi connectivity index (χ3n) is 4.07. The molecule has 0 aliphatic rings. The van der Waals surface area contributed by atoms with Crippen LogP contribution in [0.4, 0.5) is 4.79 Å². The van der Waals surface area contributed by atoms with Gasteiger partial charge in [0.15, 0.2) is 0 Å². The summed E-state index contributed by atoms with van der Waals surface area (Å²) in [5.41, 5.74) is 7.07. The van der Waals surface area contributed by atoms with Gasteiger partial charge in [-0.3, -0.25) is 9.78 Å². The van der Waals surface area contributed by atoms with Crippen LogP contribution in [0.1, 0.15) is 10.4 Å². The van der Waals surface area contributed by atoms with Crippen LogP contribution < -0.4 is 5.73 Å². The van der Waals surface area contributed by atoms with E-state index in [2.05, 4.69) is 10.1 Å². The van der Waals surface area contributed by atoms with E-state index in [1.165, 1.54) is 0 Å². The molecule has 0 unspecified atom stereocenters. The van der Waals surface area contributed by atoms with Crippen molar-refractivity contribution in [3.05, 3.63) is 60.4 Å². The van der Waals surface area contributed by atoms with Gasteiger partial charge in [-0.25, -0.2) is 4.79 Å². The Hall–Kier alpha value is -3.74. The number of hydrogen-bond donors (Lipinski definition) is 2. The Morgan fingerprint density at radius 3 is 2.68 bits per heavy atom. The van der Waals surface area contributed by atoms with Crippen LogP contribution in [-0.2, 0) is 0 Å². The highest BCUT2D eigenvalue weighted by Gasteiger charge is 2.21. The van der Waals surface area contributed by atoms with Crippen LogP contribution in [-0.4, -0.2) is 31.9 Å². The first-order valence-electron chi connectivity index (χ1n) is 7.45. The number of nitrogens with zero attached hydrogens (tertiary/aromatic N) is 3. The van der Waals surface area contributed by atoms with Gasteiger partial charge >= 0.3 is 6.09 Å². The first-order chi connectivity index (χ1) is 12.1. The van der Waals surface area contributed by atoms with E-state index >= 15 is 0 Å². The van der Waals surface area contributed by atoms with Gasteiger partial charge in [-0.1, -0.05) is 18.2 Å². The Balaban J connectivity index is 2.09. The number of rotatable bonds is 2. The van der Waals surface area contributed by atoms with E-state index in [4.69, 9.17) is 5.73 Å². The molecule has 0 bridgehead atoms. The normalized spacial score (nSPS) is 11.0. The maximum absolute atomic E-state index is 11.8. The Morgan fingerprint density at radius 1 is 1.08 bits per heavy atom. The maximum Gasteiger partial charge on any atom is 0.432 e. The van der Waals surface area contributed by atoms with E-state index in [0.717, 1.165) is 15.5 Å². The van der Waals surface area contributed by atoms with E-state index in [1.807, 2.05) is 24.3 Å². The summed E-state index contributed by atoms with van der Waals surface area (Å²) < 4.78 is 0.852. The van der Waals surface area contributed by atoms with Crippen molar-refractivity contribution in [3.8, 4) is 11.3 Å². The molecule has 7 nitrogen and oxygen atoms in total. The largest absolute Gasteiger partial charge is 0.463 e. The lowest BCUT2D eigenvalue weighted by atomic mass is 10.0. The van der Waals surface area contributed by atoms with Crippen molar-refractivity contribution >= 4 is 33.7 Å². The number of aromatic nitrogens is 3. The van der Waals surface area contributed by atoms with Crippen LogP contribution in [0, 0.1) is 0 Å². The molecule has 3 N–H and O–H groups in total. The molecule has 7 heteroatoms. The van der Waals surface area contributed by atoms with E-state index in [9.17, 15) is 14.7 Å². The number of pyridine rings is 1. The van der Waals surface area contributed by atoms with E-state index in [1.54, 1.807) is 30.6 Å². The van der Waals surface area contributed by atoms with Gasteiger partial charge in [0.25, 0.3) is 0 Å². The molecule has 0 radical (unpaired) electrons. The number of amides is 1. The van der Waals surface area contributed by atoms with Crippen molar-refractivity contribution in [1.29, 1.82) is 0 Å². The van der Waals surface area contributed by atoms with Crippen LogP contribution in [0.15, 0.2) is 54.9 Å². The SMILES string of the molecule is NC(=O)c1cccc2c1c(-c1ccc3ccncc3c1)nn2C(=O)O. The summed E-state index contributed by atoms with van der Waals surface area (Å²) in [7, 11) is 0. The molecular weight excluding hydrogens is 320 g/mol. The molecule has 0 atom stereocenters. The highest BCUT2D eigenvalue weighted by atomic mass is 16.4. The quantitative estimate of drug-likeness (QED) is 0.586. The Labute approximate surface area is 141 Å². The third-order valence-corrected chi connectivity index (χ3v) is 4.07. The lowest BCUT2D eigenvalue weighted by Crippen LogP contribution is -2.12. The van der Waals surface area contributed by atoms with E-state index in [-0.39, 0.29) is 5.56 Å². The summed E-state index contributed by atoms with van der Waals surface area (Å²) in [5.74, 6) is -0.640. The van der Waals surface area contributed by atoms with Crippen LogP contribution in [0.25, 0.3) is 32.9 Å². The Kier molecular flexibility index (Phi) is 3.21. The van der Waals surface area contributed by atoms with Crippen molar-refractivity contribution in [2.45, 2.75) is 0 Å². The van der Waals surface area contributed by atoms with Gasteiger partial charge in [-0.2, -0.15) is 9.78 Å². The average molecular weight is 332 g/mol. The average Bonchev–Trinajstić information content (AvgIpc) is 3.01. The van der Waals surface area contributed by atoms with Gasteiger partial charge in [0, 0.05) is 28.7 Å². The lowest BCUT2D eigenvalue weighted by molar-refractivity contribution is 0.100. The first kappa shape index (κ1) is 14.8. The summed E-state index contributed by atoms with van der Waals surface area (Å²) in [5, 5.41) is 15.9. The molecule has 4 aromatic rings. The fourth-order valence-corrected chi connectivity index (χ4v) is 2.95. The minimum absolute atomic E-state index is 0.228. The number of nitrogens with two attached hydrogens (primary N) is 1. The fourth-order valence-electron chi connectivity index (χ4n) is 2.95. The second kappa shape index (κ2) is 5.41. The highest BCUT2D eigenvalue weighted by molar-refractivity contribution is 6.12. The lowest BCUT2D eigenvalue weighted by Gasteiger charge is -2.03. The van der Waals surface area contributed by atoms with Crippen LogP contribution >= 0.6 is 0 Å². The van der Waals surface area contributed by atoms with E-state index in [0.29, 0.717) is 22.2 Å². The molecule has 25 heavy (non-hydrogen) atoms. The number of carboxylic acid groups (broad SMARTS) is 1. The molecule has 2 heterocycles. The standard InChI is InChI=1S/C18H12N4O3/c19-17(23)13-2-1-3-14-15(13)16(21-22(14)18(24)25)11-5-4-10-6-7-20-9-12(10)8-11/h1-9H,(H2,19,23)(H,24,25). The number of carbonyl (C=O) groups is 2. The molecule has 0 fully saturated rings. The fraction of sp³-hybridized carbons (Fsp3) is 0. The highest BCUT2D eigenvalue weighted by Crippen LogP contribution is 2.32. The number of hydrogen-bond acceptors (Lipinski definition) is 4. The molecule has 2 aromatic carbocycles. The number of primary amides is 1. The zero-order valence-corrected chi connectivity index (χ0v) is 12.9. The van der Waals surface area contributed by atoms with Gasteiger partial charge in [0.05, 0.1) is 11.1 Å². The second-order valence-corrected chi connectivity index (χ2v) is 5.54. The Bertz CT molecular complexity index is 1160. The molecule has 0 aliphatic heterocycles. The predicted octanol–water partition coefficient (Wildman–Crippen LogP) is 2.88. The topological polar surface area (TPSA) is 111 Å². The summed E-state index contributed by atoms with van der Waals surface area (Å²) >= 11 is 0. The predicted molar refractivity (Wildman–Crippen MR) is 92.4 cm³/mol. The maximum atomic E-state index is 11.8. The molecule has 0 spiro atoms. The van der Waals surface area contributed by atoms with Crippen molar-refractivity contribution in [3.63, 3.8) is 0 Å². The summed E-state index contributed by atoms with van der Waals surface area (Å²) in [6, 6.07) is 12.2. The molecule has 0 aliphatic carbocycles. The molecular formula is C18H12N4O3. The van der Waals surface area contributed by atoms with Gasteiger partial charge in [-0.15, -0.1) is 0 Å². The molecule has 0 saturated carbocycles. The summed E-state index contributed by atoms with van der Waals surface area (Å²) in [6.45, 7) is 0.